The molecule has 0 aliphatic carbocycles. The van der Waals surface area contributed by atoms with Gasteiger partial charge in [-0.1, -0.05) is 52.0 Å². The molecule has 0 saturated carbocycles. The Bertz CT molecular complexity index is 699. The number of hydrogen-bond donors (Lipinski definition) is 0. The van der Waals surface area contributed by atoms with E-state index in [9.17, 15) is 0 Å². The van der Waals surface area contributed by atoms with Gasteiger partial charge in [0, 0.05) is 0 Å². The van der Waals surface area contributed by atoms with Crippen molar-refractivity contribution >= 4 is 0 Å². The van der Waals surface area contributed by atoms with Gasteiger partial charge in [0.1, 0.15) is 18.1 Å². The highest BCUT2D eigenvalue weighted by atomic mass is 16.5. The molecule has 0 bridgehead atoms. The average molecular weight is 326 g/mol. The lowest BCUT2D eigenvalue weighted by molar-refractivity contribution is 0.302. The highest BCUT2D eigenvalue weighted by molar-refractivity contribution is 5.40. The first kappa shape index (κ1) is 18.4. The summed E-state index contributed by atoms with van der Waals surface area (Å²) in [7, 11) is 1.70. The summed E-state index contributed by atoms with van der Waals surface area (Å²) < 4.78 is 11.4. The molecule has 0 fully saturated rings. The van der Waals surface area contributed by atoms with Gasteiger partial charge < -0.3 is 9.47 Å². The first-order valence-corrected chi connectivity index (χ1v) is 8.63. The lowest BCUT2D eigenvalue weighted by atomic mass is 9.75. The maximum absolute atomic E-state index is 6.03. The molecule has 0 saturated heterocycles. The molecule has 0 heterocycles. The van der Waals surface area contributed by atoms with Crippen LogP contribution in [0.4, 0.5) is 0 Å². The molecular formula is C22H30O2. The van der Waals surface area contributed by atoms with Crippen LogP contribution in [0.1, 0.15) is 49.9 Å². The molecule has 2 rings (SSSR count). The second-order valence-corrected chi connectivity index (χ2v) is 7.45. The van der Waals surface area contributed by atoms with Crippen LogP contribution >= 0.6 is 0 Å². The van der Waals surface area contributed by atoms with Crippen LogP contribution in [0.5, 0.6) is 11.5 Å². The molecule has 0 spiro atoms. The summed E-state index contributed by atoms with van der Waals surface area (Å²) >= 11 is 0. The van der Waals surface area contributed by atoms with Crippen molar-refractivity contribution < 1.29 is 9.47 Å². The molecule has 0 aromatic heterocycles. The zero-order valence-corrected chi connectivity index (χ0v) is 16.1. The minimum Gasteiger partial charge on any atom is -0.496 e. The summed E-state index contributed by atoms with van der Waals surface area (Å²) in [5.74, 6) is 2.43. The fourth-order valence-electron chi connectivity index (χ4n) is 2.66. The summed E-state index contributed by atoms with van der Waals surface area (Å²) in [5, 5.41) is 0. The number of ether oxygens (including phenoxy) is 2. The van der Waals surface area contributed by atoms with Gasteiger partial charge in [-0.05, 0) is 59.6 Å². The number of hydrogen-bond acceptors (Lipinski definition) is 2. The third-order valence-corrected chi connectivity index (χ3v) is 5.23. The van der Waals surface area contributed by atoms with Crippen molar-refractivity contribution in [1.82, 2.24) is 0 Å². The Balaban J connectivity index is 2.14. The third kappa shape index (κ3) is 3.92. The maximum atomic E-state index is 6.03. The van der Waals surface area contributed by atoms with E-state index < -0.39 is 0 Å². The van der Waals surface area contributed by atoms with Crippen LogP contribution in [-0.4, -0.2) is 7.11 Å². The molecule has 0 amide bonds. The van der Waals surface area contributed by atoms with E-state index in [0.29, 0.717) is 12.5 Å². The van der Waals surface area contributed by atoms with Gasteiger partial charge in [-0.25, -0.2) is 0 Å². The van der Waals surface area contributed by atoms with E-state index in [-0.39, 0.29) is 5.41 Å². The Morgan fingerprint density at radius 3 is 2.21 bits per heavy atom. The fraction of sp³-hybridized carbons (Fsp3) is 0.455. The van der Waals surface area contributed by atoms with Crippen molar-refractivity contribution in [1.29, 1.82) is 0 Å². The molecule has 0 aliphatic heterocycles. The predicted molar refractivity (Wildman–Crippen MR) is 101 cm³/mol. The molecule has 24 heavy (non-hydrogen) atoms. The number of rotatable bonds is 6. The lowest BCUT2D eigenvalue weighted by Gasteiger charge is -2.30. The zero-order valence-electron chi connectivity index (χ0n) is 16.1. The quantitative estimate of drug-likeness (QED) is 0.665. The van der Waals surface area contributed by atoms with Crippen molar-refractivity contribution in [2.75, 3.05) is 7.11 Å². The van der Waals surface area contributed by atoms with Crippen molar-refractivity contribution in [3.63, 3.8) is 0 Å². The summed E-state index contributed by atoms with van der Waals surface area (Å²) in [6.07, 6.45) is 0. The summed E-state index contributed by atoms with van der Waals surface area (Å²) in [6, 6.07) is 12.7. The van der Waals surface area contributed by atoms with E-state index in [2.05, 4.69) is 65.0 Å². The minimum atomic E-state index is 0.160. The molecular weight excluding hydrogens is 296 g/mol. The molecule has 2 aromatic carbocycles. The van der Waals surface area contributed by atoms with Gasteiger partial charge in [0.2, 0.25) is 0 Å². The second-order valence-electron chi connectivity index (χ2n) is 7.45. The molecule has 0 atom stereocenters. The van der Waals surface area contributed by atoms with Crippen molar-refractivity contribution in [3.05, 3.63) is 58.7 Å². The molecule has 2 aromatic rings. The van der Waals surface area contributed by atoms with Crippen LogP contribution in [0.2, 0.25) is 0 Å². The van der Waals surface area contributed by atoms with Crippen LogP contribution in [0.15, 0.2) is 36.4 Å². The van der Waals surface area contributed by atoms with E-state index in [1.165, 1.54) is 11.1 Å². The van der Waals surface area contributed by atoms with Gasteiger partial charge in [0.05, 0.1) is 7.11 Å². The van der Waals surface area contributed by atoms with Crippen molar-refractivity contribution in [2.24, 2.45) is 5.92 Å². The normalized spacial score (nSPS) is 11.7. The minimum absolute atomic E-state index is 0.160. The van der Waals surface area contributed by atoms with E-state index in [1.807, 2.05) is 13.0 Å². The Hall–Kier alpha value is -1.96. The van der Waals surface area contributed by atoms with Gasteiger partial charge in [-0.15, -0.1) is 0 Å². The van der Waals surface area contributed by atoms with Crippen molar-refractivity contribution in [3.8, 4) is 11.5 Å². The molecule has 2 heteroatoms. The Kier molecular flexibility index (Phi) is 5.58. The van der Waals surface area contributed by atoms with Crippen LogP contribution in [0, 0.1) is 19.8 Å². The van der Waals surface area contributed by atoms with Gasteiger partial charge in [0.25, 0.3) is 0 Å². The van der Waals surface area contributed by atoms with Gasteiger partial charge in [0.15, 0.2) is 0 Å². The molecule has 0 N–H and O–H groups in total. The summed E-state index contributed by atoms with van der Waals surface area (Å²) in [4.78, 5) is 0. The van der Waals surface area contributed by atoms with Gasteiger partial charge >= 0.3 is 0 Å². The second kappa shape index (κ2) is 7.29. The molecule has 2 nitrogen and oxygen atoms in total. The van der Waals surface area contributed by atoms with E-state index in [4.69, 9.17) is 9.47 Å². The number of benzene rings is 2. The van der Waals surface area contributed by atoms with Crippen LogP contribution in [0.25, 0.3) is 0 Å². The Morgan fingerprint density at radius 2 is 1.62 bits per heavy atom. The molecule has 130 valence electrons. The third-order valence-electron chi connectivity index (χ3n) is 5.23. The van der Waals surface area contributed by atoms with E-state index >= 15 is 0 Å². The fourth-order valence-corrected chi connectivity index (χ4v) is 2.66. The maximum Gasteiger partial charge on any atom is 0.122 e. The topological polar surface area (TPSA) is 18.5 Å². The largest absolute Gasteiger partial charge is 0.496 e. The van der Waals surface area contributed by atoms with Crippen LogP contribution < -0.4 is 9.47 Å². The summed E-state index contributed by atoms with van der Waals surface area (Å²) in [6.45, 7) is 13.8. The average Bonchev–Trinajstić information content (AvgIpc) is 2.54. The first-order valence-electron chi connectivity index (χ1n) is 8.63. The highest BCUT2D eigenvalue weighted by Crippen LogP contribution is 2.34. The number of methoxy groups -OCH3 is 1. The molecule has 0 radical (unpaired) electrons. The predicted octanol–water partition coefficient (Wildman–Crippen LogP) is 5.82. The highest BCUT2D eigenvalue weighted by Gasteiger charge is 2.25. The first-order chi connectivity index (χ1) is 11.3. The van der Waals surface area contributed by atoms with E-state index in [1.54, 1.807) is 7.11 Å². The smallest absolute Gasteiger partial charge is 0.122 e. The van der Waals surface area contributed by atoms with Crippen LogP contribution in [-0.2, 0) is 12.0 Å². The zero-order chi connectivity index (χ0) is 17.9. The monoisotopic (exact) mass is 326 g/mol. The molecule has 0 aliphatic rings. The summed E-state index contributed by atoms with van der Waals surface area (Å²) in [5.41, 5.74) is 4.95. The number of aryl methyl sites for hydroxylation is 2. The standard InChI is InChI=1S/C22H30O2/c1-15(2)22(5,6)19-10-11-20(17(4)12-19)24-14-18-9-8-16(3)21(13-18)23-7/h8-13,15H,14H2,1-7H3. The SMILES string of the molecule is COc1cc(COc2ccc(C(C)(C)C(C)C)cc2C)ccc1C. The Morgan fingerprint density at radius 1 is 0.917 bits per heavy atom. The van der Waals surface area contributed by atoms with Gasteiger partial charge in [-0.2, -0.15) is 0 Å². The molecule has 0 unspecified atom stereocenters. The van der Waals surface area contributed by atoms with Crippen molar-refractivity contribution in [2.45, 2.75) is 53.6 Å². The Labute approximate surface area is 146 Å². The van der Waals surface area contributed by atoms with Gasteiger partial charge in [-0.3, -0.25) is 0 Å². The van der Waals surface area contributed by atoms with Crippen LogP contribution in [0.3, 0.4) is 0 Å². The lowest BCUT2D eigenvalue weighted by Crippen LogP contribution is -2.24. The van der Waals surface area contributed by atoms with E-state index in [0.717, 1.165) is 22.6 Å².